The van der Waals surface area contributed by atoms with Gasteiger partial charge in [-0.2, -0.15) is 0 Å². The Morgan fingerprint density at radius 3 is 2.45 bits per heavy atom. The molecule has 1 aromatic carbocycles. The van der Waals surface area contributed by atoms with Crippen molar-refractivity contribution in [1.29, 1.82) is 0 Å². The molecule has 1 heterocycles. The van der Waals surface area contributed by atoms with E-state index < -0.39 is 10.0 Å². The minimum Gasteiger partial charge on any atom is -0.339 e. The summed E-state index contributed by atoms with van der Waals surface area (Å²) in [5.41, 5.74) is 0.529. The normalized spacial score (nSPS) is 21.9. The molecule has 29 heavy (non-hydrogen) atoms. The highest BCUT2D eigenvalue weighted by Crippen LogP contribution is 2.29. The highest BCUT2D eigenvalue weighted by Gasteiger charge is 2.38. The Balaban J connectivity index is 1.59. The topological polar surface area (TPSA) is 95.6 Å². The number of hydrogen-bond donors (Lipinski definition) is 2. The summed E-state index contributed by atoms with van der Waals surface area (Å²) in [6, 6.07) is 6.25. The highest BCUT2D eigenvalue weighted by atomic mass is 32.2. The molecule has 0 aromatic heterocycles. The van der Waals surface area contributed by atoms with Crippen LogP contribution in [0.4, 0.5) is 5.69 Å². The Kier molecular flexibility index (Phi) is 6.95. The summed E-state index contributed by atoms with van der Waals surface area (Å²) in [6.45, 7) is 4.20. The number of carbonyl (C=O) groups is 2. The Labute approximate surface area is 173 Å². The molecule has 0 spiro atoms. The van der Waals surface area contributed by atoms with Gasteiger partial charge >= 0.3 is 0 Å². The molecule has 1 aliphatic heterocycles. The van der Waals surface area contributed by atoms with Crippen molar-refractivity contribution < 1.29 is 18.0 Å². The number of nitrogens with one attached hydrogen (secondary N) is 2. The Morgan fingerprint density at radius 1 is 1.17 bits per heavy atom. The second-order valence-corrected chi connectivity index (χ2v) is 9.90. The Hall–Kier alpha value is -1.93. The highest BCUT2D eigenvalue weighted by molar-refractivity contribution is 7.89. The predicted molar refractivity (Wildman–Crippen MR) is 112 cm³/mol. The first-order chi connectivity index (χ1) is 13.8. The maximum Gasteiger partial charge on any atom is 0.240 e. The van der Waals surface area contributed by atoms with E-state index in [-0.39, 0.29) is 41.1 Å². The molecule has 2 N–H and O–H groups in total. The van der Waals surface area contributed by atoms with Gasteiger partial charge in [0.15, 0.2) is 0 Å². The second-order valence-electron chi connectivity index (χ2n) is 8.18. The summed E-state index contributed by atoms with van der Waals surface area (Å²) in [4.78, 5) is 27.1. The molecule has 2 amide bonds. The number of benzene rings is 1. The van der Waals surface area contributed by atoms with Crippen LogP contribution >= 0.6 is 0 Å². The van der Waals surface area contributed by atoms with E-state index in [9.17, 15) is 18.0 Å². The van der Waals surface area contributed by atoms with Crippen LogP contribution in [-0.2, 0) is 19.6 Å². The van der Waals surface area contributed by atoms with Crippen molar-refractivity contribution in [3.8, 4) is 0 Å². The van der Waals surface area contributed by atoms with Gasteiger partial charge in [-0.3, -0.25) is 9.59 Å². The average molecular weight is 422 g/mol. The molecule has 2 atom stereocenters. The first kappa shape index (κ1) is 21.8. The summed E-state index contributed by atoms with van der Waals surface area (Å²) in [6.07, 6.45) is 6.51. The van der Waals surface area contributed by atoms with E-state index >= 15 is 0 Å². The summed E-state index contributed by atoms with van der Waals surface area (Å²) in [5.74, 6) is -0.487. The third-order valence-electron chi connectivity index (χ3n) is 5.95. The lowest BCUT2D eigenvalue weighted by atomic mass is 9.94. The van der Waals surface area contributed by atoms with Gasteiger partial charge in [0.1, 0.15) is 0 Å². The van der Waals surface area contributed by atoms with Crippen molar-refractivity contribution >= 4 is 27.5 Å². The van der Waals surface area contributed by atoms with Crippen LogP contribution in [-0.4, -0.2) is 43.8 Å². The van der Waals surface area contributed by atoms with Gasteiger partial charge in [-0.15, -0.1) is 0 Å². The fraction of sp³-hybridized carbons (Fsp3) is 0.619. The van der Waals surface area contributed by atoms with E-state index in [0.717, 1.165) is 25.7 Å². The van der Waals surface area contributed by atoms with E-state index in [1.807, 2.05) is 18.7 Å². The number of hydrogen-bond acceptors (Lipinski definition) is 4. The van der Waals surface area contributed by atoms with Gasteiger partial charge in [-0.1, -0.05) is 26.2 Å². The van der Waals surface area contributed by atoms with Crippen LogP contribution in [0.2, 0.25) is 0 Å². The van der Waals surface area contributed by atoms with Crippen LogP contribution in [0.1, 0.15) is 58.8 Å². The van der Waals surface area contributed by atoms with Gasteiger partial charge < -0.3 is 10.2 Å². The molecule has 2 aliphatic rings. The van der Waals surface area contributed by atoms with Crippen LogP contribution in [0.25, 0.3) is 0 Å². The van der Waals surface area contributed by atoms with E-state index in [1.54, 1.807) is 12.1 Å². The molecule has 1 aliphatic carbocycles. The fourth-order valence-electron chi connectivity index (χ4n) is 4.03. The number of sulfonamides is 1. The average Bonchev–Trinajstić information content (AvgIpc) is 3.10. The zero-order valence-electron chi connectivity index (χ0n) is 17.2. The van der Waals surface area contributed by atoms with Crippen LogP contribution in [0.15, 0.2) is 29.2 Å². The molecule has 1 saturated heterocycles. The SMILES string of the molecule is CC[C@H](C)NS(=O)(=O)c1ccc(NC(=O)[C@@H]2CC(=O)N(C3CCCCC3)C2)cc1. The zero-order chi connectivity index (χ0) is 21.0. The number of likely N-dealkylation sites (tertiary alicyclic amines) is 1. The van der Waals surface area contributed by atoms with Crippen LogP contribution in [0, 0.1) is 5.92 Å². The van der Waals surface area contributed by atoms with E-state index in [2.05, 4.69) is 10.0 Å². The summed E-state index contributed by atoms with van der Waals surface area (Å²) in [5, 5.41) is 2.83. The van der Waals surface area contributed by atoms with Gasteiger partial charge in [0, 0.05) is 30.7 Å². The van der Waals surface area contributed by atoms with Gasteiger partial charge in [0.25, 0.3) is 0 Å². The van der Waals surface area contributed by atoms with Crippen molar-refractivity contribution in [2.45, 2.75) is 75.8 Å². The number of nitrogens with zero attached hydrogens (tertiary/aromatic N) is 1. The lowest BCUT2D eigenvalue weighted by molar-refractivity contribution is -0.130. The molecule has 0 unspecified atom stereocenters. The molecule has 1 saturated carbocycles. The largest absolute Gasteiger partial charge is 0.339 e. The van der Waals surface area contributed by atoms with E-state index in [4.69, 9.17) is 0 Å². The van der Waals surface area contributed by atoms with Crippen molar-refractivity contribution in [2.24, 2.45) is 5.92 Å². The van der Waals surface area contributed by atoms with Gasteiger partial charge in [0.05, 0.1) is 10.8 Å². The Bertz CT molecular complexity index is 832. The molecular formula is C21H31N3O4S. The number of carbonyl (C=O) groups excluding carboxylic acids is 2. The van der Waals surface area contributed by atoms with Crippen molar-refractivity contribution in [3.05, 3.63) is 24.3 Å². The molecule has 160 valence electrons. The molecule has 8 heteroatoms. The molecule has 0 bridgehead atoms. The molecule has 1 aromatic rings. The first-order valence-electron chi connectivity index (χ1n) is 10.5. The molecule has 0 radical (unpaired) electrons. The summed E-state index contributed by atoms with van der Waals surface area (Å²) in [7, 11) is -3.57. The van der Waals surface area contributed by atoms with Crippen molar-refractivity contribution in [3.63, 3.8) is 0 Å². The van der Waals surface area contributed by atoms with E-state index in [0.29, 0.717) is 18.7 Å². The summed E-state index contributed by atoms with van der Waals surface area (Å²) >= 11 is 0. The van der Waals surface area contributed by atoms with Gasteiger partial charge in [-0.05, 0) is 50.5 Å². The quantitative estimate of drug-likeness (QED) is 0.708. The third kappa shape index (κ3) is 5.36. The smallest absolute Gasteiger partial charge is 0.240 e. The first-order valence-corrected chi connectivity index (χ1v) is 12.0. The number of rotatable bonds is 7. The van der Waals surface area contributed by atoms with Crippen molar-refractivity contribution in [2.75, 3.05) is 11.9 Å². The van der Waals surface area contributed by atoms with Crippen LogP contribution in [0.5, 0.6) is 0 Å². The number of anilines is 1. The lowest BCUT2D eigenvalue weighted by Gasteiger charge is -2.31. The Morgan fingerprint density at radius 2 is 1.83 bits per heavy atom. The maximum atomic E-state index is 12.6. The van der Waals surface area contributed by atoms with Crippen LogP contribution in [0.3, 0.4) is 0 Å². The third-order valence-corrected chi connectivity index (χ3v) is 7.55. The minimum absolute atomic E-state index is 0.0645. The molecule has 2 fully saturated rings. The van der Waals surface area contributed by atoms with Crippen LogP contribution < -0.4 is 10.0 Å². The number of amides is 2. The van der Waals surface area contributed by atoms with Crippen molar-refractivity contribution in [1.82, 2.24) is 9.62 Å². The van der Waals surface area contributed by atoms with Gasteiger partial charge in [0.2, 0.25) is 21.8 Å². The molecule has 3 rings (SSSR count). The molecule has 7 nitrogen and oxygen atoms in total. The molecular weight excluding hydrogens is 390 g/mol. The van der Waals surface area contributed by atoms with Gasteiger partial charge in [-0.25, -0.2) is 13.1 Å². The predicted octanol–water partition coefficient (Wildman–Crippen LogP) is 2.88. The lowest BCUT2D eigenvalue weighted by Crippen LogP contribution is -2.38. The summed E-state index contributed by atoms with van der Waals surface area (Å²) < 4.78 is 27.3. The van der Waals surface area contributed by atoms with E-state index in [1.165, 1.54) is 18.6 Å². The standard InChI is InChI=1S/C21H31N3O4S/c1-3-15(2)23-29(27,28)19-11-9-17(10-12-19)22-21(26)16-13-20(25)24(14-16)18-7-5-4-6-8-18/h9-12,15-16,18,23H,3-8,13-14H2,1-2H3,(H,22,26)/t15-,16+/m0/s1. The maximum absolute atomic E-state index is 12.6. The second kappa shape index (κ2) is 9.26. The monoisotopic (exact) mass is 421 g/mol. The fourth-order valence-corrected chi connectivity index (χ4v) is 5.36. The minimum atomic E-state index is -3.57. The zero-order valence-corrected chi connectivity index (χ0v) is 18.0.